The third-order valence-corrected chi connectivity index (χ3v) is 4.93. The normalized spacial score (nSPS) is 20.0. The number of hydrogen-bond donors (Lipinski definition) is 0. The van der Waals surface area contributed by atoms with Crippen molar-refractivity contribution in [1.82, 2.24) is 0 Å². The molecule has 21 heavy (non-hydrogen) atoms. The molecule has 2 aliphatic rings. The van der Waals surface area contributed by atoms with Gasteiger partial charge in [0.1, 0.15) is 11.5 Å². The van der Waals surface area contributed by atoms with Crippen LogP contribution in [-0.2, 0) is 0 Å². The third-order valence-electron chi connectivity index (χ3n) is 4.93. The summed E-state index contributed by atoms with van der Waals surface area (Å²) in [4.78, 5) is 0. The van der Waals surface area contributed by atoms with Crippen molar-refractivity contribution in [2.75, 3.05) is 6.61 Å². The van der Waals surface area contributed by atoms with Crippen LogP contribution in [-0.4, -0.2) is 12.7 Å². The summed E-state index contributed by atoms with van der Waals surface area (Å²) in [6.45, 7) is 0.847. The highest BCUT2D eigenvalue weighted by molar-refractivity contribution is 5.31. The molecule has 2 fully saturated rings. The van der Waals surface area contributed by atoms with Gasteiger partial charge in [0, 0.05) is 0 Å². The van der Waals surface area contributed by atoms with Crippen LogP contribution in [0, 0.1) is 5.92 Å². The first-order valence-corrected chi connectivity index (χ1v) is 8.80. The average Bonchev–Trinajstić information content (AvgIpc) is 2.48. The van der Waals surface area contributed by atoms with Gasteiger partial charge in [0.2, 0.25) is 0 Å². The maximum absolute atomic E-state index is 6.03. The molecule has 1 aromatic rings. The van der Waals surface area contributed by atoms with Crippen molar-refractivity contribution in [3.05, 3.63) is 24.3 Å². The van der Waals surface area contributed by atoms with Crippen LogP contribution in [0.15, 0.2) is 24.3 Å². The zero-order valence-corrected chi connectivity index (χ0v) is 13.1. The van der Waals surface area contributed by atoms with E-state index in [2.05, 4.69) is 12.1 Å². The Kier molecular flexibility index (Phi) is 5.42. The highest BCUT2D eigenvalue weighted by Gasteiger charge is 2.16. The molecule has 0 radical (unpaired) electrons. The lowest BCUT2D eigenvalue weighted by Gasteiger charge is -2.25. The summed E-state index contributed by atoms with van der Waals surface area (Å²) in [5, 5.41) is 0. The van der Waals surface area contributed by atoms with E-state index in [1.165, 1.54) is 64.2 Å². The van der Waals surface area contributed by atoms with Crippen LogP contribution in [0.4, 0.5) is 0 Å². The summed E-state index contributed by atoms with van der Waals surface area (Å²) in [6, 6.07) is 8.19. The second-order valence-corrected chi connectivity index (χ2v) is 6.64. The molecule has 3 rings (SSSR count). The predicted octanol–water partition coefficient (Wildman–Crippen LogP) is 5.36. The van der Waals surface area contributed by atoms with Crippen LogP contribution in [0.5, 0.6) is 11.5 Å². The molecule has 1 aromatic carbocycles. The first-order valence-electron chi connectivity index (χ1n) is 8.80. The van der Waals surface area contributed by atoms with Crippen LogP contribution in [0.25, 0.3) is 0 Å². The Morgan fingerprint density at radius 2 is 1.52 bits per heavy atom. The van der Waals surface area contributed by atoms with Crippen molar-refractivity contribution < 1.29 is 9.47 Å². The molecule has 2 aliphatic carbocycles. The Morgan fingerprint density at radius 1 is 0.810 bits per heavy atom. The van der Waals surface area contributed by atoms with Crippen LogP contribution in [0.3, 0.4) is 0 Å². The third kappa shape index (κ3) is 4.66. The maximum atomic E-state index is 6.03. The summed E-state index contributed by atoms with van der Waals surface area (Å²) >= 11 is 0. The molecule has 2 nitrogen and oxygen atoms in total. The molecule has 0 saturated heterocycles. The van der Waals surface area contributed by atoms with E-state index in [-0.39, 0.29) is 0 Å². The summed E-state index contributed by atoms with van der Waals surface area (Å²) < 4.78 is 11.8. The largest absolute Gasteiger partial charge is 0.494 e. The minimum absolute atomic E-state index is 0.424. The Labute approximate surface area is 128 Å². The molecule has 116 valence electrons. The van der Waals surface area contributed by atoms with E-state index < -0.39 is 0 Å². The van der Waals surface area contributed by atoms with E-state index in [0.29, 0.717) is 6.10 Å². The Hall–Kier alpha value is -1.18. The van der Waals surface area contributed by atoms with Gasteiger partial charge in [0.05, 0.1) is 12.7 Å². The lowest BCUT2D eigenvalue weighted by molar-refractivity contribution is 0.155. The number of ether oxygens (including phenoxy) is 2. The van der Waals surface area contributed by atoms with Crippen molar-refractivity contribution in [2.45, 2.75) is 70.3 Å². The highest BCUT2D eigenvalue weighted by Crippen LogP contribution is 2.30. The van der Waals surface area contributed by atoms with E-state index in [1.54, 1.807) is 0 Å². The van der Waals surface area contributed by atoms with Gasteiger partial charge in [-0.05, 0) is 68.7 Å². The molecule has 2 heteroatoms. The molecule has 0 amide bonds. The number of rotatable bonds is 7. The van der Waals surface area contributed by atoms with Crippen LogP contribution in [0.2, 0.25) is 0 Å². The van der Waals surface area contributed by atoms with E-state index in [9.17, 15) is 0 Å². The van der Waals surface area contributed by atoms with Crippen molar-refractivity contribution >= 4 is 0 Å². The van der Waals surface area contributed by atoms with E-state index in [4.69, 9.17) is 9.47 Å². The summed E-state index contributed by atoms with van der Waals surface area (Å²) in [5.74, 6) is 2.95. The molecular formula is C19H28O2. The van der Waals surface area contributed by atoms with Gasteiger partial charge in [-0.1, -0.05) is 25.7 Å². The van der Waals surface area contributed by atoms with Crippen molar-refractivity contribution in [3.8, 4) is 11.5 Å². The van der Waals surface area contributed by atoms with Gasteiger partial charge in [0.15, 0.2) is 0 Å². The SMILES string of the molecule is c1cc(OC2CCCCC2)ccc1OCCCC1CCC1. The average molecular weight is 288 g/mol. The second kappa shape index (κ2) is 7.72. The molecule has 0 N–H and O–H groups in total. The van der Waals surface area contributed by atoms with Crippen molar-refractivity contribution in [1.29, 1.82) is 0 Å². The molecule has 0 aromatic heterocycles. The van der Waals surface area contributed by atoms with Gasteiger partial charge in [-0.3, -0.25) is 0 Å². The fourth-order valence-corrected chi connectivity index (χ4v) is 3.33. The topological polar surface area (TPSA) is 18.5 Å². The van der Waals surface area contributed by atoms with Crippen LogP contribution < -0.4 is 9.47 Å². The van der Waals surface area contributed by atoms with Gasteiger partial charge >= 0.3 is 0 Å². The van der Waals surface area contributed by atoms with Crippen molar-refractivity contribution in [2.24, 2.45) is 5.92 Å². The van der Waals surface area contributed by atoms with Gasteiger partial charge in [0.25, 0.3) is 0 Å². The molecule has 0 atom stereocenters. The zero-order chi connectivity index (χ0) is 14.3. The summed E-state index contributed by atoms with van der Waals surface area (Å²) in [5.41, 5.74) is 0. The smallest absolute Gasteiger partial charge is 0.119 e. The van der Waals surface area contributed by atoms with Crippen molar-refractivity contribution in [3.63, 3.8) is 0 Å². The zero-order valence-electron chi connectivity index (χ0n) is 13.1. The van der Waals surface area contributed by atoms with E-state index in [1.807, 2.05) is 12.1 Å². The molecule has 0 unspecified atom stereocenters. The van der Waals surface area contributed by atoms with Crippen LogP contribution in [0.1, 0.15) is 64.2 Å². The first-order chi connectivity index (χ1) is 10.4. The molecule has 0 heterocycles. The minimum atomic E-state index is 0.424. The van der Waals surface area contributed by atoms with Gasteiger partial charge < -0.3 is 9.47 Å². The molecule has 0 aliphatic heterocycles. The van der Waals surface area contributed by atoms with Crippen LogP contribution >= 0.6 is 0 Å². The lowest BCUT2D eigenvalue weighted by Crippen LogP contribution is -2.19. The molecule has 2 saturated carbocycles. The summed E-state index contributed by atoms with van der Waals surface area (Å²) in [6.07, 6.45) is 13.7. The number of hydrogen-bond acceptors (Lipinski definition) is 2. The van der Waals surface area contributed by atoms with Gasteiger partial charge in [-0.25, -0.2) is 0 Å². The summed E-state index contributed by atoms with van der Waals surface area (Å²) in [7, 11) is 0. The van der Waals surface area contributed by atoms with Gasteiger partial charge in [-0.15, -0.1) is 0 Å². The Balaban J connectivity index is 1.36. The first kappa shape index (κ1) is 14.7. The number of benzene rings is 1. The molecular weight excluding hydrogens is 260 g/mol. The second-order valence-electron chi connectivity index (χ2n) is 6.64. The standard InChI is InChI=1S/C19H28O2/c1-2-9-18(10-3-1)21-19-13-11-17(12-14-19)20-15-5-8-16-6-4-7-16/h11-14,16,18H,1-10,15H2. The van der Waals surface area contributed by atoms with Gasteiger partial charge in [-0.2, -0.15) is 0 Å². The van der Waals surface area contributed by atoms with E-state index >= 15 is 0 Å². The molecule has 0 spiro atoms. The fraction of sp³-hybridized carbons (Fsp3) is 0.684. The fourth-order valence-electron chi connectivity index (χ4n) is 3.33. The maximum Gasteiger partial charge on any atom is 0.119 e. The highest BCUT2D eigenvalue weighted by atomic mass is 16.5. The Bertz CT molecular complexity index is 402. The minimum Gasteiger partial charge on any atom is -0.494 e. The Morgan fingerprint density at radius 3 is 2.19 bits per heavy atom. The molecule has 0 bridgehead atoms. The predicted molar refractivity (Wildman–Crippen MR) is 86.0 cm³/mol. The monoisotopic (exact) mass is 288 g/mol. The quantitative estimate of drug-likeness (QED) is 0.629. The van der Waals surface area contributed by atoms with E-state index in [0.717, 1.165) is 24.0 Å². The lowest BCUT2D eigenvalue weighted by atomic mass is 9.82.